The summed E-state index contributed by atoms with van der Waals surface area (Å²) in [5.41, 5.74) is 0.0359. The van der Waals surface area contributed by atoms with Crippen LogP contribution in [0.25, 0.3) is 0 Å². The van der Waals surface area contributed by atoms with Crippen LogP contribution in [-0.4, -0.2) is 34.0 Å². The van der Waals surface area contributed by atoms with Crippen molar-refractivity contribution in [3.63, 3.8) is 0 Å². The smallest absolute Gasteiger partial charge is 0.329 e. The number of aliphatic carboxylic acids is 1. The standard InChI is InChI=1S/C15H18ClNO3/c1-10-11(6-5-7-12(10)16)13(18)17-9-4-3-8-15(17,2)14(19)20/h5-7H,3-4,8-9H2,1-2H3,(H,19,20). The van der Waals surface area contributed by atoms with Gasteiger partial charge in [-0.2, -0.15) is 0 Å². The molecule has 1 atom stereocenters. The number of piperidine rings is 1. The maximum Gasteiger partial charge on any atom is 0.329 e. The Morgan fingerprint density at radius 1 is 1.35 bits per heavy atom. The third kappa shape index (κ3) is 2.40. The SMILES string of the molecule is Cc1c(Cl)cccc1C(=O)N1CCCCC1(C)C(=O)O. The lowest BCUT2D eigenvalue weighted by atomic mass is 9.87. The Balaban J connectivity index is 2.40. The summed E-state index contributed by atoms with van der Waals surface area (Å²) in [6, 6.07) is 5.13. The number of carbonyl (C=O) groups is 2. The van der Waals surface area contributed by atoms with E-state index in [1.54, 1.807) is 32.0 Å². The van der Waals surface area contributed by atoms with Crippen molar-refractivity contribution < 1.29 is 14.7 Å². The molecule has 5 heteroatoms. The van der Waals surface area contributed by atoms with Crippen molar-refractivity contribution in [1.29, 1.82) is 0 Å². The van der Waals surface area contributed by atoms with Crippen LogP contribution in [0.1, 0.15) is 42.1 Å². The number of rotatable bonds is 2. The van der Waals surface area contributed by atoms with Gasteiger partial charge < -0.3 is 10.0 Å². The minimum absolute atomic E-state index is 0.255. The molecule has 0 saturated carbocycles. The van der Waals surface area contributed by atoms with Gasteiger partial charge in [-0.05, 0) is 50.8 Å². The second kappa shape index (κ2) is 5.44. The summed E-state index contributed by atoms with van der Waals surface area (Å²) in [6.07, 6.45) is 2.13. The molecule has 1 amide bonds. The zero-order valence-electron chi connectivity index (χ0n) is 11.6. The predicted molar refractivity (Wildman–Crippen MR) is 77.1 cm³/mol. The molecule has 1 aromatic rings. The van der Waals surface area contributed by atoms with E-state index in [0.29, 0.717) is 29.1 Å². The van der Waals surface area contributed by atoms with Crippen molar-refractivity contribution >= 4 is 23.5 Å². The first kappa shape index (κ1) is 14.9. The Morgan fingerprint density at radius 2 is 2.05 bits per heavy atom. The van der Waals surface area contributed by atoms with E-state index in [2.05, 4.69) is 0 Å². The van der Waals surface area contributed by atoms with Gasteiger partial charge in [0.15, 0.2) is 0 Å². The largest absolute Gasteiger partial charge is 0.480 e. The molecule has 1 heterocycles. The fourth-order valence-corrected chi connectivity index (χ4v) is 2.83. The van der Waals surface area contributed by atoms with E-state index in [1.165, 1.54) is 4.90 Å². The number of likely N-dealkylation sites (tertiary alicyclic amines) is 1. The minimum atomic E-state index is -1.13. The van der Waals surface area contributed by atoms with E-state index >= 15 is 0 Å². The van der Waals surface area contributed by atoms with Gasteiger partial charge in [0.05, 0.1) is 0 Å². The lowest BCUT2D eigenvalue weighted by Gasteiger charge is -2.41. The molecular formula is C15H18ClNO3. The second-order valence-electron chi connectivity index (χ2n) is 5.41. The fraction of sp³-hybridized carbons (Fsp3) is 0.467. The van der Waals surface area contributed by atoms with Crippen LogP contribution in [0, 0.1) is 6.92 Å². The van der Waals surface area contributed by atoms with Crippen LogP contribution in [-0.2, 0) is 4.79 Å². The summed E-state index contributed by atoms with van der Waals surface area (Å²) in [6.45, 7) is 3.86. The number of carbonyl (C=O) groups excluding carboxylic acids is 1. The molecule has 0 bridgehead atoms. The van der Waals surface area contributed by atoms with Gasteiger partial charge in [0.1, 0.15) is 5.54 Å². The summed E-state index contributed by atoms with van der Waals surface area (Å²) in [5, 5.41) is 9.99. The Labute approximate surface area is 123 Å². The summed E-state index contributed by atoms with van der Waals surface area (Å²) in [7, 11) is 0. The summed E-state index contributed by atoms with van der Waals surface area (Å²) in [4.78, 5) is 25.7. The van der Waals surface area contributed by atoms with E-state index in [1.807, 2.05) is 0 Å². The molecule has 1 aliphatic rings. The van der Waals surface area contributed by atoms with Crippen LogP contribution >= 0.6 is 11.6 Å². The van der Waals surface area contributed by atoms with E-state index in [0.717, 1.165) is 12.8 Å². The topological polar surface area (TPSA) is 57.6 Å². The monoisotopic (exact) mass is 295 g/mol. The lowest BCUT2D eigenvalue weighted by Crippen LogP contribution is -2.57. The van der Waals surface area contributed by atoms with Crippen molar-refractivity contribution in [2.45, 2.75) is 38.6 Å². The number of halogens is 1. The van der Waals surface area contributed by atoms with Gasteiger partial charge in [-0.1, -0.05) is 17.7 Å². The van der Waals surface area contributed by atoms with Crippen LogP contribution < -0.4 is 0 Å². The average Bonchev–Trinajstić information content (AvgIpc) is 2.41. The van der Waals surface area contributed by atoms with Gasteiger partial charge >= 0.3 is 5.97 Å². The fourth-order valence-electron chi connectivity index (χ4n) is 2.65. The zero-order chi connectivity index (χ0) is 14.9. The molecule has 2 rings (SSSR count). The molecule has 1 aromatic carbocycles. The third-order valence-electron chi connectivity index (χ3n) is 4.10. The predicted octanol–water partition coefficient (Wildman–Crippen LogP) is 3.12. The van der Waals surface area contributed by atoms with Gasteiger partial charge in [0.25, 0.3) is 5.91 Å². The average molecular weight is 296 g/mol. The highest BCUT2D eigenvalue weighted by Crippen LogP contribution is 2.31. The van der Waals surface area contributed by atoms with Crippen LogP contribution in [0.15, 0.2) is 18.2 Å². The maximum atomic E-state index is 12.7. The Kier molecular flexibility index (Phi) is 4.04. The van der Waals surface area contributed by atoms with Crippen molar-refractivity contribution in [2.24, 2.45) is 0 Å². The highest BCUT2D eigenvalue weighted by molar-refractivity contribution is 6.31. The van der Waals surface area contributed by atoms with Gasteiger partial charge in [-0.3, -0.25) is 4.79 Å². The van der Waals surface area contributed by atoms with Gasteiger partial charge in [0, 0.05) is 17.1 Å². The molecule has 0 aromatic heterocycles. The molecule has 108 valence electrons. The third-order valence-corrected chi connectivity index (χ3v) is 4.50. The molecule has 4 nitrogen and oxygen atoms in total. The second-order valence-corrected chi connectivity index (χ2v) is 5.81. The van der Waals surface area contributed by atoms with E-state index < -0.39 is 11.5 Å². The van der Waals surface area contributed by atoms with Crippen LogP contribution in [0.4, 0.5) is 0 Å². The Bertz CT molecular complexity index is 558. The number of benzene rings is 1. The Morgan fingerprint density at radius 3 is 2.70 bits per heavy atom. The van der Waals surface area contributed by atoms with Crippen LogP contribution in [0.3, 0.4) is 0 Å². The van der Waals surface area contributed by atoms with Gasteiger partial charge in [0.2, 0.25) is 0 Å². The van der Waals surface area contributed by atoms with Gasteiger partial charge in [-0.25, -0.2) is 4.79 Å². The molecule has 1 N–H and O–H groups in total. The zero-order valence-corrected chi connectivity index (χ0v) is 12.4. The maximum absolute atomic E-state index is 12.7. The normalized spacial score (nSPS) is 22.6. The molecular weight excluding hydrogens is 278 g/mol. The number of amides is 1. The van der Waals surface area contributed by atoms with Crippen molar-refractivity contribution in [3.8, 4) is 0 Å². The van der Waals surface area contributed by atoms with Crippen LogP contribution in [0.2, 0.25) is 5.02 Å². The number of carboxylic acids is 1. The van der Waals surface area contributed by atoms with Crippen molar-refractivity contribution in [3.05, 3.63) is 34.3 Å². The molecule has 1 fully saturated rings. The number of hydrogen-bond acceptors (Lipinski definition) is 2. The molecule has 20 heavy (non-hydrogen) atoms. The van der Waals surface area contributed by atoms with E-state index in [-0.39, 0.29) is 5.91 Å². The molecule has 1 aliphatic heterocycles. The van der Waals surface area contributed by atoms with Gasteiger partial charge in [-0.15, -0.1) is 0 Å². The number of nitrogens with zero attached hydrogens (tertiary/aromatic N) is 1. The first-order valence-corrected chi connectivity index (χ1v) is 7.06. The Hall–Kier alpha value is -1.55. The first-order chi connectivity index (χ1) is 9.38. The highest BCUT2D eigenvalue weighted by atomic mass is 35.5. The number of hydrogen-bond donors (Lipinski definition) is 1. The van der Waals surface area contributed by atoms with Crippen LogP contribution in [0.5, 0.6) is 0 Å². The minimum Gasteiger partial charge on any atom is -0.480 e. The summed E-state index contributed by atoms with van der Waals surface area (Å²) < 4.78 is 0. The van der Waals surface area contributed by atoms with Crippen molar-refractivity contribution in [2.75, 3.05) is 6.54 Å². The highest BCUT2D eigenvalue weighted by Gasteiger charge is 2.44. The molecule has 0 radical (unpaired) electrons. The molecule has 1 unspecified atom stereocenters. The van der Waals surface area contributed by atoms with Crippen molar-refractivity contribution in [1.82, 2.24) is 4.90 Å². The summed E-state index contributed by atoms with van der Waals surface area (Å²) in [5.74, 6) is -1.21. The quantitative estimate of drug-likeness (QED) is 0.912. The number of carboxylic acid groups (broad SMARTS) is 1. The molecule has 0 aliphatic carbocycles. The summed E-state index contributed by atoms with van der Waals surface area (Å²) >= 11 is 6.04. The first-order valence-electron chi connectivity index (χ1n) is 6.68. The van der Waals surface area contributed by atoms with E-state index in [4.69, 9.17) is 11.6 Å². The molecule has 1 saturated heterocycles. The lowest BCUT2D eigenvalue weighted by molar-refractivity contribution is -0.150. The molecule has 0 spiro atoms. The van der Waals surface area contributed by atoms with E-state index in [9.17, 15) is 14.7 Å².